The number of anilines is 2. The third-order valence-electron chi connectivity index (χ3n) is 9.89. The van der Waals surface area contributed by atoms with E-state index < -0.39 is 0 Å². The smallest absolute Gasteiger partial charge is 0.0455 e. The summed E-state index contributed by atoms with van der Waals surface area (Å²) in [5.74, 6) is 0. The first-order valence-corrected chi connectivity index (χ1v) is 17.4. The molecule has 4 aromatic carbocycles. The Labute approximate surface area is 286 Å². The van der Waals surface area contributed by atoms with Gasteiger partial charge in [0.25, 0.3) is 0 Å². The second-order valence-electron chi connectivity index (χ2n) is 13.1. The van der Waals surface area contributed by atoms with Gasteiger partial charge in [0.2, 0.25) is 0 Å². The predicted molar refractivity (Wildman–Crippen MR) is 201 cm³/mol. The highest BCUT2D eigenvalue weighted by Crippen LogP contribution is 2.24. The summed E-state index contributed by atoms with van der Waals surface area (Å²) < 4.78 is 0. The molecule has 9 rings (SSSR count). The fourth-order valence-electron chi connectivity index (χ4n) is 7.14. The van der Waals surface area contributed by atoms with Crippen LogP contribution in [0.1, 0.15) is 11.1 Å². The first kappa shape index (κ1) is 30.6. The van der Waals surface area contributed by atoms with Gasteiger partial charge in [-0.2, -0.15) is 0 Å². The zero-order valence-corrected chi connectivity index (χ0v) is 28.0. The molecule has 0 aliphatic carbocycles. The van der Waals surface area contributed by atoms with Crippen LogP contribution in [0.5, 0.6) is 0 Å². The number of piperazine rings is 2. The molecule has 3 N–H and O–H groups in total. The van der Waals surface area contributed by atoms with E-state index in [-0.39, 0.29) is 0 Å². The first-order valence-electron chi connectivity index (χ1n) is 17.0. The van der Waals surface area contributed by atoms with Crippen LogP contribution in [0.3, 0.4) is 0 Å². The summed E-state index contributed by atoms with van der Waals surface area (Å²) in [5, 5.41) is 4.69. The molecule has 5 heterocycles. The second-order valence-corrected chi connectivity index (χ2v) is 13.5. The molecular formula is C40H42ClN7. The molecule has 0 atom stereocenters. The summed E-state index contributed by atoms with van der Waals surface area (Å²) in [5.41, 5.74) is 9.02. The van der Waals surface area contributed by atoms with Crippen molar-refractivity contribution >= 4 is 55.7 Å². The number of H-pyrrole nitrogens is 3. The number of nitrogens with one attached hydrogen (secondary N) is 3. The fraction of sp³-hybridized carbons (Fsp3) is 0.250. The van der Waals surface area contributed by atoms with Gasteiger partial charge < -0.3 is 24.8 Å². The fourth-order valence-corrected chi connectivity index (χ4v) is 7.26. The van der Waals surface area contributed by atoms with E-state index >= 15 is 0 Å². The average molecular weight is 656 g/mol. The van der Waals surface area contributed by atoms with Crippen LogP contribution < -0.4 is 9.80 Å². The molecule has 7 aromatic rings. The van der Waals surface area contributed by atoms with Crippen LogP contribution in [0.4, 0.5) is 11.4 Å². The normalized spacial score (nSPS) is 16.1. The van der Waals surface area contributed by atoms with Gasteiger partial charge in [0.15, 0.2) is 0 Å². The molecule has 2 aliphatic heterocycles. The van der Waals surface area contributed by atoms with E-state index in [4.69, 9.17) is 11.6 Å². The third kappa shape index (κ3) is 6.95. The van der Waals surface area contributed by atoms with E-state index in [1.165, 1.54) is 55.2 Å². The van der Waals surface area contributed by atoms with Crippen LogP contribution in [0.25, 0.3) is 32.7 Å². The molecule has 0 amide bonds. The lowest BCUT2D eigenvalue weighted by Crippen LogP contribution is -2.45. The maximum absolute atomic E-state index is 5.97. The summed E-state index contributed by atoms with van der Waals surface area (Å²) in [7, 11) is 0. The van der Waals surface area contributed by atoms with Gasteiger partial charge in [-0.15, -0.1) is 0 Å². The molecule has 0 saturated carbocycles. The van der Waals surface area contributed by atoms with Crippen LogP contribution in [0, 0.1) is 0 Å². The summed E-state index contributed by atoms with van der Waals surface area (Å²) >= 11 is 5.97. The number of rotatable bonds is 6. The summed E-state index contributed by atoms with van der Waals surface area (Å²) in [6, 6.07) is 34.7. The van der Waals surface area contributed by atoms with Crippen molar-refractivity contribution in [3.63, 3.8) is 0 Å². The molecule has 48 heavy (non-hydrogen) atoms. The summed E-state index contributed by atoms with van der Waals surface area (Å²) in [4.78, 5) is 19.8. The number of benzene rings is 4. The van der Waals surface area contributed by atoms with E-state index in [9.17, 15) is 0 Å². The molecular weight excluding hydrogens is 614 g/mol. The number of hydrogen-bond acceptors (Lipinski definition) is 4. The van der Waals surface area contributed by atoms with Gasteiger partial charge in [-0.3, -0.25) is 9.80 Å². The zero-order chi connectivity index (χ0) is 32.3. The zero-order valence-electron chi connectivity index (χ0n) is 27.2. The van der Waals surface area contributed by atoms with Crippen LogP contribution in [0.2, 0.25) is 5.02 Å². The Balaban J connectivity index is 0.000000141. The number of aromatic nitrogens is 3. The van der Waals surface area contributed by atoms with Gasteiger partial charge >= 0.3 is 0 Å². The van der Waals surface area contributed by atoms with Crippen molar-refractivity contribution in [2.75, 3.05) is 62.2 Å². The summed E-state index contributed by atoms with van der Waals surface area (Å²) in [6.45, 7) is 10.8. The lowest BCUT2D eigenvalue weighted by atomic mass is 10.1. The van der Waals surface area contributed by atoms with E-state index in [0.29, 0.717) is 0 Å². The number of halogens is 1. The minimum absolute atomic E-state index is 0.799. The van der Waals surface area contributed by atoms with Crippen molar-refractivity contribution in [1.82, 2.24) is 24.8 Å². The lowest BCUT2D eigenvalue weighted by molar-refractivity contribution is 0.250. The van der Waals surface area contributed by atoms with Crippen LogP contribution >= 0.6 is 11.6 Å². The monoisotopic (exact) mass is 655 g/mol. The molecule has 2 fully saturated rings. The molecule has 3 aromatic heterocycles. The van der Waals surface area contributed by atoms with Crippen molar-refractivity contribution < 1.29 is 0 Å². The van der Waals surface area contributed by atoms with E-state index in [0.717, 1.165) is 70.5 Å². The van der Waals surface area contributed by atoms with Gasteiger partial charge in [0.05, 0.1) is 0 Å². The lowest BCUT2D eigenvalue weighted by Gasteiger charge is -2.36. The van der Waals surface area contributed by atoms with Crippen molar-refractivity contribution in [2.45, 2.75) is 13.1 Å². The van der Waals surface area contributed by atoms with Gasteiger partial charge in [-0.05, 0) is 107 Å². The quantitative estimate of drug-likeness (QED) is 0.169. The highest BCUT2D eigenvalue weighted by atomic mass is 35.5. The third-order valence-corrected chi connectivity index (χ3v) is 10.1. The van der Waals surface area contributed by atoms with Crippen molar-refractivity contribution in [1.29, 1.82) is 0 Å². The molecule has 2 aliphatic rings. The van der Waals surface area contributed by atoms with Crippen LogP contribution in [-0.2, 0) is 13.1 Å². The molecule has 8 heteroatoms. The van der Waals surface area contributed by atoms with Gasteiger partial charge in [-0.25, -0.2) is 0 Å². The van der Waals surface area contributed by atoms with E-state index in [1.54, 1.807) is 0 Å². The maximum atomic E-state index is 5.97. The second kappa shape index (κ2) is 13.8. The van der Waals surface area contributed by atoms with Crippen LogP contribution in [0.15, 0.2) is 116 Å². The molecule has 0 bridgehead atoms. The predicted octanol–water partition coefficient (Wildman–Crippen LogP) is 8.11. The Morgan fingerprint density at radius 2 is 0.854 bits per heavy atom. The molecule has 0 unspecified atom stereocenters. The van der Waals surface area contributed by atoms with Crippen molar-refractivity contribution in [2.24, 2.45) is 0 Å². The molecule has 7 nitrogen and oxygen atoms in total. The standard InChI is InChI=1S/C21H22N4.C19H20ClN3/c1-3-20-17(5-7-22-20)13-16(1)15-24-9-11-25(12-10-24)19-2-4-21-18(14-19)6-8-23-21;20-17-2-4-18(5-3-17)23-11-9-22(10-12-23)14-15-1-6-19-16(13-15)7-8-21-19/h1-8,13-14,22-23H,9-12,15H2;1-8,13,21H,9-12,14H2. The van der Waals surface area contributed by atoms with Crippen LogP contribution in [-0.4, -0.2) is 77.1 Å². The Bertz CT molecular complexity index is 2090. The molecule has 0 radical (unpaired) electrons. The first-order chi connectivity index (χ1) is 23.6. The summed E-state index contributed by atoms with van der Waals surface area (Å²) in [6.07, 6.45) is 6.02. The minimum atomic E-state index is 0.799. The molecule has 0 spiro atoms. The minimum Gasteiger partial charge on any atom is -0.369 e. The number of hydrogen-bond donors (Lipinski definition) is 3. The number of fused-ring (bicyclic) bond motifs is 3. The van der Waals surface area contributed by atoms with E-state index in [2.05, 4.69) is 119 Å². The average Bonchev–Trinajstić information content (AvgIpc) is 3.90. The number of aromatic amines is 3. The Kier molecular flexibility index (Phi) is 8.81. The van der Waals surface area contributed by atoms with Crippen molar-refractivity contribution in [3.8, 4) is 0 Å². The Hall–Kier alpha value is -4.69. The highest BCUT2D eigenvalue weighted by molar-refractivity contribution is 6.30. The van der Waals surface area contributed by atoms with Gasteiger partial charge in [0, 0.05) is 122 Å². The highest BCUT2D eigenvalue weighted by Gasteiger charge is 2.19. The Morgan fingerprint density at radius 1 is 0.438 bits per heavy atom. The largest absolute Gasteiger partial charge is 0.369 e. The number of nitrogens with zero attached hydrogens (tertiary/aromatic N) is 4. The molecule has 2 saturated heterocycles. The van der Waals surface area contributed by atoms with Gasteiger partial charge in [0.1, 0.15) is 0 Å². The van der Waals surface area contributed by atoms with Crippen molar-refractivity contribution in [3.05, 3.63) is 132 Å². The van der Waals surface area contributed by atoms with Gasteiger partial charge in [-0.1, -0.05) is 23.7 Å². The maximum Gasteiger partial charge on any atom is 0.0455 e. The molecule has 244 valence electrons. The SMILES string of the molecule is Clc1ccc(N2CCN(Cc3ccc4[nH]ccc4c3)CC2)cc1.c1cc2cc(CN3CCN(c4ccc5[nH]ccc5c4)CC3)ccc2[nH]1. The van der Waals surface area contributed by atoms with E-state index in [1.807, 2.05) is 30.7 Å². The Morgan fingerprint density at radius 3 is 1.35 bits per heavy atom. The topological polar surface area (TPSA) is 60.3 Å².